The van der Waals surface area contributed by atoms with Crippen LogP contribution in [0.2, 0.25) is 0 Å². The number of carbonyl (C=O) groups is 2. The summed E-state index contributed by atoms with van der Waals surface area (Å²) in [5, 5.41) is 4.06. The summed E-state index contributed by atoms with van der Waals surface area (Å²) in [5.41, 5.74) is 2.18. The first-order chi connectivity index (χ1) is 13.6. The largest absolute Gasteiger partial charge is 0.324 e. The van der Waals surface area contributed by atoms with E-state index in [9.17, 15) is 9.59 Å². The van der Waals surface area contributed by atoms with Crippen molar-refractivity contribution < 1.29 is 9.59 Å². The van der Waals surface area contributed by atoms with Gasteiger partial charge in [-0.05, 0) is 50.6 Å². The molecule has 2 heterocycles. The second kappa shape index (κ2) is 8.20. The first kappa shape index (κ1) is 18.8. The molecule has 4 rings (SSSR count). The van der Waals surface area contributed by atoms with Crippen LogP contribution in [0.4, 0.5) is 5.69 Å². The van der Waals surface area contributed by atoms with Gasteiger partial charge in [0, 0.05) is 18.0 Å². The van der Waals surface area contributed by atoms with Crippen LogP contribution in [0.1, 0.15) is 41.0 Å². The quantitative estimate of drug-likeness (QED) is 0.656. The zero-order valence-electron chi connectivity index (χ0n) is 15.9. The number of aromatic nitrogens is 1. The number of rotatable bonds is 5. The molecule has 1 atom stereocenters. The number of nitrogens with one attached hydrogen (secondary N) is 1. The Morgan fingerprint density at radius 2 is 1.96 bits per heavy atom. The number of hydrogen-bond donors (Lipinski definition) is 1. The van der Waals surface area contributed by atoms with Crippen LogP contribution in [0.15, 0.2) is 48.5 Å². The van der Waals surface area contributed by atoms with E-state index in [-0.39, 0.29) is 11.7 Å². The highest BCUT2D eigenvalue weighted by Gasteiger charge is 2.25. The molecule has 28 heavy (non-hydrogen) atoms. The zero-order valence-corrected chi connectivity index (χ0v) is 16.7. The van der Waals surface area contributed by atoms with Crippen LogP contribution >= 0.6 is 11.3 Å². The van der Waals surface area contributed by atoms with Gasteiger partial charge in [-0.1, -0.05) is 24.3 Å². The van der Waals surface area contributed by atoms with Gasteiger partial charge in [-0.2, -0.15) is 0 Å². The number of amides is 1. The number of hydrogen-bond acceptors (Lipinski definition) is 5. The topological polar surface area (TPSA) is 62.3 Å². The van der Waals surface area contributed by atoms with Crippen LogP contribution in [0.3, 0.4) is 0 Å². The van der Waals surface area contributed by atoms with Crippen molar-refractivity contribution in [2.24, 2.45) is 0 Å². The molecule has 3 aromatic rings. The summed E-state index contributed by atoms with van der Waals surface area (Å²) < 4.78 is 1.22. The van der Waals surface area contributed by atoms with Gasteiger partial charge in [0.05, 0.1) is 27.5 Å². The molecule has 1 amide bonds. The molecule has 1 aliphatic rings. The molecule has 1 aromatic heterocycles. The van der Waals surface area contributed by atoms with Crippen molar-refractivity contribution in [3.63, 3.8) is 0 Å². The molecule has 1 fully saturated rings. The fourth-order valence-corrected chi connectivity index (χ4v) is 4.85. The van der Waals surface area contributed by atoms with E-state index in [2.05, 4.69) is 22.3 Å². The van der Waals surface area contributed by atoms with Crippen LogP contribution in [0.5, 0.6) is 0 Å². The number of Topliss-reactive ketones (excluding diaryl/α,β-unsaturated/α-hetero) is 1. The minimum absolute atomic E-state index is 0.0511. The average molecular weight is 394 g/mol. The molecule has 0 saturated carbocycles. The third kappa shape index (κ3) is 4.13. The van der Waals surface area contributed by atoms with Gasteiger partial charge in [-0.3, -0.25) is 14.5 Å². The number of thiazole rings is 1. The molecule has 1 N–H and O–H groups in total. The molecule has 1 saturated heterocycles. The van der Waals surface area contributed by atoms with Gasteiger partial charge in [0.2, 0.25) is 5.91 Å². The molecular weight excluding hydrogens is 370 g/mol. The molecule has 1 aliphatic heterocycles. The number of para-hydroxylation sites is 2. The Hall–Kier alpha value is -2.57. The summed E-state index contributed by atoms with van der Waals surface area (Å²) in [7, 11) is 0. The summed E-state index contributed by atoms with van der Waals surface area (Å²) >= 11 is 1.76. The fraction of sp³-hybridized carbons (Fsp3) is 0.318. The second-order valence-electron chi connectivity index (χ2n) is 7.24. The van der Waals surface area contributed by atoms with Gasteiger partial charge in [0.1, 0.15) is 0 Å². The lowest BCUT2D eigenvalue weighted by molar-refractivity contribution is -0.117. The molecule has 6 heteroatoms. The van der Waals surface area contributed by atoms with E-state index in [0.717, 1.165) is 36.5 Å². The van der Waals surface area contributed by atoms with Crippen molar-refractivity contribution in [2.75, 3.05) is 25.0 Å². The van der Waals surface area contributed by atoms with Crippen molar-refractivity contribution in [1.29, 1.82) is 0 Å². The number of benzene rings is 2. The maximum absolute atomic E-state index is 12.6. The highest BCUT2D eigenvalue weighted by Crippen LogP contribution is 2.32. The Bertz CT molecular complexity index is 981. The van der Waals surface area contributed by atoms with Gasteiger partial charge < -0.3 is 5.32 Å². The van der Waals surface area contributed by atoms with E-state index in [1.807, 2.05) is 18.2 Å². The second-order valence-corrected chi connectivity index (χ2v) is 8.31. The first-order valence-electron chi connectivity index (χ1n) is 9.58. The number of piperidine rings is 1. The van der Waals surface area contributed by atoms with Crippen LogP contribution in [0.25, 0.3) is 10.2 Å². The van der Waals surface area contributed by atoms with Crippen molar-refractivity contribution in [2.45, 2.75) is 25.7 Å². The molecule has 0 bridgehead atoms. The fourth-order valence-electron chi connectivity index (χ4n) is 3.76. The van der Waals surface area contributed by atoms with E-state index < -0.39 is 0 Å². The summed E-state index contributed by atoms with van der Waals surface area (Å²) in [5.74, 6) is 0.229. The van der Waals surface area contributed by atoms with Crippen LogP contribution in [0, 0.1) is 0 Å². The molecule has 5 nitrogen and oxygen atoms in total. The molecule has 144 valence electrons. The third-order valence-electron chi connectivity index (χ3n) is 5.11. The smallest absolute Gasteiger partial charge is 0.238 e. The Balaban J connectivity index is 1.41. The van der Waals surface area contributed by atoms with Gasteiger partial charge in [0.15, 0.2) is 5.78 Å². The summed E-state index contributed by atoms with van der Waals surface area (Å²) in [4.78, 5) is 31.3. The lowest BCUT2D eigenvalue weighted by Crippen LogP contribution is -2.39. The lowest BCUT2D eigenvalue weighted by Gasteiger charge is -2.31. The average Bonchev–Trinajstić information content (AvgIpc) is 3.13. The van der Waals surface area contributed by atoms with Crippen molar-refractivity contribution in [3.05, 3.63) is 59.1 Å². The predicted octanol–water partition coefficient (Wildman–Crippen LogP) is 4.32. The van der Waals surface area contributed by atoms with Crippen molar-refractivity contribution >= 4 is 38.9 Å². The minimum atomic E-state index is -0.0846. The molecule has 0 unspecified atom stereocenters. The minimum Gasteiger partial charge on any atom is -0.324 e. The van der Waals surface area contributed by atoms with E-state index in [1.54, 1.807) is 29.5 Å². The molecule has 0 spiro atoms. The van der Waals surface area contributed by atoms with E-state index in [1.165, 1.54) is 11.6 Å². The lowest BCUT2D eigenvalue weighted by atomic mass is 9.99. The van der Waals surface area contributed by atoms with E-state index >= 15 is 0 Å². The Morgan fingerprint density at radius 1 is 1.18 bits per heavy atom. The number of ketones is 1. The number of carbonyl (C=O) groups excluding carboxylic acids is 2. The Morgan fingerprint density at radius 3 is 2.79 bits per heavy atom. The number of fused-ring (bicyclic) bond motifs is 1. The number of nitrogens with zero attached hydrogens (tertiary/aromatic N) is 2. The van der Waals surface area contributed by atoms with Crippen LogP contribution in [-0.2, 0) is 4.79 Å². The monoisotopic (exact) mass is 393 g/mol. The Kier molecular flexibility index (Phi) is 5.50. The molecule has 2 aromatic carbocycles. The highest BCUT2D eigenvalue weighted by atomic mass is 32.1. The summed E-state index contributed by atoms with van der Waals surface area (Å²) in [6, 6.07) is 15.4. The Labute approximate surface area is 168 Å². The first-order valence-corrected chi connectivity index (χ1v) is 10.4. The highest BCUT2D eigenvalue weighted by molar-refractivity contribution is 7.18. The van der Waals surface area contributed by atoms with Gasteiger partial charge in [-0.25, -0.2) is 4.98 Å². The van der Waals surface area contributed by atoms with Gasteiger partial charge >= 0.3 is 0 Å². The van der Waals surface area contributed by atoms with Crippen LogP contribution < -0.4 is 5.32 Å². The standard InChI is InChI=1S/C22H23N3O2S/c1-15(26)17-8-2-3-9-18(17)23-21(27)14-25-12-6-7-16(13-25)22-24-19-10-4-5-11-20(19)28-22/h2-5,8-11,16H,6-7,12-14H2,1H3,(H,23,27)/t16-/m0/s1. The molecule has 0 aliphatic carbocycles. The zero-order chi connectivity index (χ0) is 19.5. The van der Waals surface area contributed by atoms with Crippen molar-refractivity contribution in [1.82, 2.24) is 9.88 Å². The third-order valence-corrected chi connectivity index (χ3v) is 6.31. The SMILES string of the molecule is CC(=O)c1ccccc1NC(=O)CN1CCC[C@H](c2nc3ccccc3s2)C1. The van der Waals surface area contributed by atoms with E-state index in [0.29, 0.717) is 23.7 Å². The maximum atomic E-state index is 12.6. The summed E-state index contributed by atoms with van der Waals surface area (Å²) in [6.07, 6.45) is 2.16. The summed E-state index contributed by atoms with van der Waals surface area (Å²) in [6.45, 7) is 3.58. The normalized spacial score (nSPS) is 17.5. The van der Waals surface area contributed by atoms with Crippen molar-refractivity contribution in [3.8, 4) is 0 Å². The number of likely N-dealkylation sites (tertiary alicyclic amines) is 1. The molecular formula is C22H23N3O2S. The van der Waals surface area contributed by atoms with E-state index in [4.69, 9.17) is 4.98 Å². The van der Waals surface area contributed by atoms with Crippen LogP contribution in [-0.4, -0.2) is 41.2 Å². The predicted molar refractivity (Wildman–Crippen MR) is 113 cm³/mol. The number of anilines is 1. The molecule has 0 radical (unpaired) electrons. The maximum Gasteiger partial charge on any atom is 0.238 e. The van der Waals surface area contributed by atoms with Gasteiger partial charge in [-0.15, -0.1) is 11.3 Å². The van der Waals surface area contributed by atoms with Gasteiger partial charge in [0.25, 0.3) is 0 Å².